The van der Waals surface area contributed by atoms with Crippen molar-refractivity contribution in [1.82, 2.24) is 10.2 Å². The molecule has 2 rings (SSSR count). The summed E-state index contributed by atoms with van der Waals surface area (Å²) in [5, 5.41) is 14.5. The summed E-state index contributed by atoms with van der Waals surface area (Å²) in [5.74, 6) is 0.592. The highest BCUT2D eigenvalue weighted by molar-refractivity contribution is 5.35. The summed E-state index contributed by atoms with van der Waals surface area (Å²) < 4.78 is 0. The van der Waals surface area contributed by atoms with Crippen LogP contribution in [0.15, 0.2) is 24.3 Å². The number of likely N-dealkylation sites (tertiary alicyclic amines) is 1. The Labute approximate surface area is 120 Å². The Morgan fingerprint density at radius 3 is 2.90 bits per heavy atom. The number of benzene rings is 1. The van der Waals surface area contributed by atoms with Crippen LogP contribution in [0.1, 0.15) is 31.9 Å². The summed E-state index contributed by atoms with van der Waals surface area (Å²) in [4.78, 5) is 12.8. The molecule has 1 aromatic carbocycles. The van der Waals surface area contributed by atoms with Gasteiger partial charge in [-0.25, -0.2) is 0 Å². The van der Waals surface area contributed by atoms with Gasteiger partial charge in [-0.05, 0) is 38.4 Å². The van der Waals surface area contributed by atoms with E-state index in [2.05, 4.69) is 31.1 Å². The van der Waals surface area contributed by atoms with Gasteiger partial charge in [-0.1, -0.05) is 19.1 Å². The summed E-state index contributed by atoms with van der Waals surface area (Å²) in [6.07, 6.45) is 1.12. The molecule has 0 aliphatic carbocycles. The van der Waals surface area contributed by atoms with Crippen molar-refractivity contribution in [1.29, 1.82) is 0 Å². The molecule has 0 radical (unpaired) electrons. The molecule has 5 heteroatoms. The fraction of sp³-hybridized carbons (Fsp3) is 0.600. The van der Waals surface area contributed by atoms with Crippen LogP contribution in [-0.2, 0) is 0 Å². The average Bonchev–Trinajstić information content (AvgIpc) is 2.42. The Kier molecular flexibility index (Phi) is 4.73. The van der Waals surface area contributed by atoms with E-state index in [1.807, 2.05) is 6.07 Å². The van der Waals surface area contributed by atoms with E-state index in [-0.39, 0.29) is 16.7 Å². The van der Waals surface area contributed by atoms with Crippen molar-refractivity contribution in [2.45, 2.75) is 32.4 Å². The maximum Gasteiger partial charge on any atom is 0.269 e. The lowest BCUT2D eigenvalue weighted by Gasteiger charge is -2.37. The lowest BCUT2D eigenvalue weighted by Crippen LogP contribution is -2.47. The molecule has 0 aromatic heterocycles. The Bertz CT molecular complexity index is 478. The van der Waals surface area contributed by atoms with Gasteiger partial charge in [0, 0.05) is 30.8 Å². The molecule has 1 aliphatic heterocycles. The van der Waals surface area contributed by atoms with Crippen LogP contribution in [0.4, 0.5) is 5.69 Å². The van der Waals surface area contributed by atoms with Crippen molar-refractivity contribution in [2.75, 3.05) is 20.1 Å². The first-order valence-corrected chi connectivity index (χ1v) is 7.16. The molecular formula is C15H23N3O2. The Hall–Kier alpha value is -1.46. The number of rotatable bonds is 4. The van der Waals surface area contributed by atoms with Gasteiger partial charge in [0.15, 0.2) is 0 Å². The number of nitro benzene ring substituents is 1. The highest BCUT2D eigenvalue weighted by Gasteiger charge is 2.25. The van der Waals surface area contributed by atoms with Gasteiger partial charge in [-0.3, -0.25) is 10.1 Å². The third-order valence-corrected chi connectivity index (χ3v) is 4.15. The first kappa shape index (κ1) is 14.9. The molecule has 5 nitrogen and oxygen atoms in total. The summed E-state index contributed by atoms with van der Waals surface area (Å²) in [5.41, 5.74) is 1.14. The Balaban J connectivity index is 2.02. The maximum atomic E-state index is 10.8. The summed E-state index contributed by atoms with van der Waals surface area (Å²) in [7, 11) is 2.15. The van der Waals surface area contributed by atoms with Crippen LogP contribution in [0.3, 0.4) is 0 Å². The van der Waals surface area contributed by atoms with E-state index >= 15 is 0 Å². The van der Waals surface area contributed by atoms with Crippen LogP contribution < -0.4 is 5.32 Å². The van der Waals surface area contributed by atoms with Gasteiger partial charge in [-0.15, -0.1) is 0 Å². The largest absolute Gasteiger partial charge is 0.307 e. The van der Waals surface area contributed by atoms with Crippen molar-refractivity contribution in [3.8, 4) is 0 Å². The highest BCUT2D eigenvalue weighted by atomic mass is 16.6. The maximum absolute atomic E-state index is 10.8. The molecule has 1 heterocycles. The van der Waals surface area contributed by atoms with Crippen LogP contribution in [0.2, 0.25) is 0 Å². The van der Waals surface area contributed by atoms with E-state index in [0.717, 1.165) is 25.1 Å². The Morgan fingerprint density at radius 2 is 2.25 bits per heavy atom. The standard InChI is InChI=1S/C15H23N3O2/c1-11-10-17(3)8-7-15(11)16-12(2)13-5-4-6-14(9-13)18(19)20/h4-6,9,11-12,15-16H,7-8,10H2,1-3H3. The second kappa shape index (κ2) is 6.33. The number of non-ortho nitro benzene ring substituents is 1. The van der Waals surface area contributed by atoms with E-state index in [1.165, 1.54) is 6.07 Å². The third kappa shape index (κ3) is 3.55. The molecule has 0 amide bonds. The van der Waals surface area contributed by atoms with Crippen LogP contribution in [-0.4, -0.2) is 36.0 Å². The van der Waals surface area contributed by atoms with Gasteiger partial charge in [0.2, 0.25) is 0 Å². The number of hydrogen-bond acceptors (Lipinski definition) is 4. The molecule has 1 N–H and O–H groups in total. The number of nitrogens with zero attached hydrogens (tertiary/aromatic N) is 2. The zero-order valence-electron chi connectivity index (χ0n) is 12.4. The summed E-state index contributed by atoms with van der Waals surface area (Å²) in [6.45, 7) is 6.53. The number of piperidine rings is 1. The van der Waals surface area contributed by atoms with Crippen molar-refractivity contribution in [3.63, 3.8) is 0 Å². The van der Waals surface area contributed by atoms with E-state index in [1.54, 1.807) is 12.1 Å². The quantitative estimate of drug-likeness (QED) is 0.679. The fourth-order valence-electron chi connectivity index (χ4n) is 2.93. The predicted molar refractivity (Wildman–Crippen MR) is 79.7 cm³/mol. The second-order valence-electron chi connectivity index (χ2n) is 5.88. The minimum Gasteiger partial charge on any atom is -0.307 e. The zero-order chi connectivity index (χ0) is 14.7. The first-order valence-electron chi connectivity index (χ1n) is 7.16. The van der Waals surface area contributed by atoms with E-state index in [0.29, 0.717) is 12.0 Å². The Morgan fingerprint density at radius 1 is 1.50 bits per heavy atom. The van der Waals surface area contributed by atoms with Gasteiger partial charge in [0.25, 0.3) is 5.69 Å². The number of nitrogens with one attached hydrogen (secondary N) is 1. The van der Waals surface area contributed by atoms with E-state index < -0.39 is 0 Å². The van der Waals surface area contributed by atoms with Gasteiger partial charge in [-0.2, -0.15) is 0 Å². The molecule has 1 aliphatic rings. The molecule has 20 heavy (non-hydrogen) atoms. The highest BCUT2D eigenvalue weighted by Crippen LogP contribution is 2.23. The molecular weight excluding hydrogens is 254 g/mol. The fourth-order valence-corrected chi connectivity index (χ4v) is 2.93. The normalized spacial score (nSPS) is 25.4. The lowest BCUT2D eigenvalue weighted by molar-refractivity contribution is -0.384. The smallest absolute Gasteiger partial charge is 0.269 e. The van der Waals surface area contributed by atoms with E-state index in [4.69, 9.17) is 0 Å². The minimum atomic E-state index is -0.339. The third-order valence-electron chi connectivity index (χ3n) is 4.15. The topological polar surface area (TPSA) is 58.4 Å². The van der Waals surface area contributed by atoms with Crippen LogP contribution in [0.5, 0.6) is 0 Å². The average molecular weight is 277 g/mol. The molecule has 3 unspecified atom stereocenters. The van der Waals surface area contributed by atoms with Crippen LogP contribution >= 0.6 is 0 Å². The van der Waals surface area contributed by atoms with Crippen LogP contribution in [0.25, 0.3) is 0 Å². The number of hydrogen-bond donors (Lipinski definition) is 1. The second-order valence-corrected chi connectivity index (χ2v) is 5.88. The van der Waals surface area contributed by atoms with Crippen molar-refractivity contribution in [2.24, 2.45) is 5.92 Å². The molecule has 0 spiro atoms. The van der Waals surface area contributed by atoms with Crippen molar-refractivity contribution < 1.29 is 4.92 Å². The summed E-state index contributed by atoms with van der Waals surface area (Å²) >= 11 is 0. The molecule has 110 valence electrons. The first-order chi connectivity index (χ1) is 9.47. The van der Waals surface area contributed by atoms with Crippen LogP contribution in [0, 0.1) is 16.0 Å². The molecule has 1 fully saturated rings. The van der Waals surface area contributed by atoms with Crippen molar-refractivity contribution >= 4 is 5.69 Å². The molecule has 1 saturated heterocycles. The molecule has 1 aromatic rings. The van der Waals surface area contributed by atoms with Crippen molar-refractivity contribution in [3.05, 3.63) is 39.9 Å². The monoisotopic (exact) mass is 277 g/mol. The molecule has 0 bridgehead atoms. The lowest BCUT2D eigenvalue weighted by atomic mass is 9.93. The molecule has 3 atom stereocenters. The minimum absolute atomic E-state index is 0.130. The van der Waals surface area contributed by atoms with Gasteiger partial charge >= 0.3 is 0 Å². The van der Waals surface area contributed by atoms with Gasteiger partial charge < -0.3 is 10.2 Å². The van der Waals surface area contributed by atoms with E-state index in [9.17, 15) is 10.1 Å². The predicted octanol–water partition coefficient (Wildman–Crippen LogP) is 2.59. The molecule has 0 saturated carbocycles. The number of nitro groups is 1. The summed E-state index contributed by atoms with van der Waals surface area (Å²) in [6, 6.07) is 7.51. The zero-order valence-corrected chi connectivity index (χ0v) is 12.4. The van der Waals surface area contributed by atoms with Gasteiger partial charge in [0.1, 0.15) is 0 Å². The van der Waals surface area contributed by atoms with Gasteiger partial charge in [0.05, 0.1) is 4.92 Å². The SMILES string of the molecule is CC(NC1CCN(C)CC1C)c1cccc([N+](=O)[O-])c1.